The maximum absolute atomic E-state index is 11.7. The summed E-state index contributed by atoms with van der Waals surface area (Å²) in [6.07, 6.45) is 4.04. The zero-order chi connectivity index (χ0) is 15.9. The average molecular weight is 319 g/mol. The Morgan fingerprint density at radius 2 is 2.19 bits per heavy atom. The van der Waals surface area contributed by atoms with Gasteiger partial charge < -0.3 is 14.6 Å². The second-order valence-electron chi connectivity index (χ2n) is 5.21. The lowest BCUT2D eigenvalue weighted by Crippen LogP contribution is -2.33. The van der Waals surface area contributed by atoms with Crippen molar-refractivity contribution in [3.05, 3.63) is 23.8 Å². The highest BCUT2D eigenvalue weighted by molar-refractivity contribution is 7.89. The fourth-order valence-electron chi connectivity index (χ4n) is 2.08. The molecular formula is C14H25NO5S. The van der Waals surface area contributed by atoms with E-state index in [1.165, 1.54) is 7.11 Å². The summed E-state index contributed by atoms with van der Waals surface area (Å²) in [5.41, 5.74) is 0.947. The normalized spacial score (nSPS) is 32.2. The highest BCUT2D eigenvalue weighted by Crippen LogP contribution is 2.15. The van der Waals surface area contributed by atoms with Crippen LogP contribution in [0.3, 0.4) is 0 Å². The van der Waals surface area contributed by atoms with E-state index >= 15 is 0 Å². The van der Waals surface area contributed by atoms with Crippen molar-refractivity contribution in [3.63, 3.8) is 0 Å². The Morgan fingerprint density at radius 3 is 2.86 bits per heavy atom. The fraction of sp³-hybridized carbons (Fsp3) is 0.714. The van der Waals surface area contributed by atoms with Crippen molar-refractivity contribution in [2.45, 2.75) is 26.1 Å². The third kappa shape index (κ3) is 6.71. The van der Waals surface area contributed by atoms with E-state index < -0.39 is 22.2 Å². The van der Waals surface area contributed by atoms with E-state index in [4.69, 9.17) is 9.47 Å². The molecule has 122 valence electrons. The van der Waals surface area contributed by atoms with E-state index in [0.717, 1.165) is 5.57 Å². The number of methoxy groups -OCH3 is 1. The summed E-state index contributed by atoms with van der Waals surface area (Å²) in [5.74, 6) is -0.164. The van der Waals surface area contributed by atoms with Gasteiger partial charge in [-0.1, -0.05) is 30.7 Å². The molecule has 0 amide bonds. The van der Waals surface area contributed by atoms with E-state index in [2.05, 4.69) is 4.72 Å². The number of rotatable bonds is 1. The summed E-state index contributed by atoms with van der Waals surface area (Å²) in [7, 11) is -1.83. The van der Waals surface area contributed by atoms with Gasteiger partial charge in [-0.25, -0.2) is 13.1 Å². The standard InChI is InChI=1S/C14H25NO5S/c1-11-9-12(2)14(16)13(19-3)5-4-6-15-21(17,18)8-7-20-10-11/h4-5,9,12-16H,6-8,10H2,1-3H3. The number of aliphatic hydroxyl groups excluding tert-OH is 1. The molecule has 1 aliphatic heterocycles. The Morgan fingerprint density at radius 1 is 1.48 bits per heavy atom. The van der Waals surface area contributed by atoms with E-state index in [1.54, 1.807) is 12.2 Å². The van der Waals surface area contributed by atoms with Gasteiger partial charge in [0.25, 0.3) is 0 Å². The van der Waals surface area contributed by atoms with Gasteiger partial charge in [-0.15, -0.1) is 0 Å². The molecule has 2 N–H and O–H groups in total. The molecule has 0 saturated carbocycles. The molecule has 7 heteroatoms. The highest BCUT2D eigenvalue weighted by atomic mass is 32.2. The molecule has 3 unspecified atom stereocenters. The molecule has 6 nitrogen and oxygen atoms in total. The molecule has 21 heavy (non-hydrogen) atoms. The first-order valence-corrected chi connectivity index (χ1v) is 8.61. The lowest BCUT2D eigenvalue weighted by atomic mass is 9.97. The zero-order valence-electron chi connectivity index (χ0n) is 12.8. The van der Waals surface area contributed by atoms with Crippen molar-refractivity contribution in [2.24, 2.45) is 5.92 Å². The Balaban J connectivity index is 2.87. The quantitative estimate of drug-likeness (QED) is 0.686. The minimum atomic E-state index is -3.35. The smallest absolute Gasteiger partial charge is 0.214 e. The van der Waals surface area contributed by atoms with Crippen molar-refractivity contribution >= 4 is 10.0 Å². The minimum absolute atomic E-state index is 0.0694. The lowest BCUT2D eigenvalue weighted by Gasteiger charge is -2.23. The van der Waals surface area contributed by atoms with E-state index in [-0.39, 0.29) is 24.8 Å². The van der Waals surface area contributed by atoms with Crippen molar-refractivity contribution in [3.8, 4) is 0 Å². The number of hydrogen-bond donors (Lipinski definition) is 2. The van der Waals surface area contributed by atoms with E-state index in [9.17, 15) is 13.5 Å². The third-order valence-corrected chi connectivity index (χ3v) is 4.58. The van der Waals surface area contributed by atoms with Gasteiger partial charge in [0.15, 0.2) is 0 Å². The molecule has 0 fully saturated rings. The Labute approximate surface area is 126 Å². The van der Waals surface area contributed by atoms with Crippen LogP contribution in [0.1, 0.15) is 13.8 Å². The summed E-state index contributed by atoms with van der Waals surface area (Å²) in [6, 6.07) is 0. The minimum Gasteiger partial charge on any atom is -0.389 e. The summed E-state index contributed by atoms with van der Waals surface area (Å²) in [4.78, 5) is 0. The van der Waals surface area contributed by atoms with Crippen LogP contribution in [-0.2, 0) is 19.5 Å². The van der Waals surface area contributed by atoms with Crippen LogP contribution in [-0.4, -0.2) is 58.4 Å². The van der Waals surface area contributed by atoms with Gasteiger partial charge in [-0.05, 0) is 6.92 Å². The van der Waals surface area contributed by atoms with Gasteiger partial charge in [-0.3, -0.25) is 0 Å². The van der Waals surface area contributed by atoms with Crippen molar-refractivity contribution < 1.29 is 23.0 Å². The first-order valence-electron chi connectivity index (χ1n) is 6.95. The van der Waals surface area contributed by atoms with E-state index in [0.29, 0.717) is 6.61 Å². The van der Waals surface area contributed by atoms with Crippen LogP contribution in [0.15, 0.2) is 23.8 Å². The second-order valence-corrected chi connectivity index (χ2v) is 7.14. The zero-order valence-corrected chi connectivity index (χ0v) is 13.6. The fourth-order valence-corrected chi connectivity index (χ4v) is 2.91. The van der Waals surface area contributed by atoms with Crippen molar-refractivity contribution in [2.75, 3.05) is 32.6 Å². The van der Waals surface area contributed by atoms with Gasteiger partial charge in [0.05, 0.1) is 25.1 Å². The number of aliphatic hydroxyl groups is 1. The Kier molecular flexibility index (Phi) is 7.55. The number of hydrogen-bond acceptors (Lipinski definition) is 5. The largest absolute Gasteiger partial charge is 0.389 e. The van der Waals surface area contributed by atoms with Crippen LogP contribution >= 0.6 is 0 Å². The summed E-state index contributed by atoms with van der Waals surface area (Å²) >= 11 is 0. The molecule has 3 atom stereocenters. The van der Waals surface area contributed by atoms with Crippen LogP contribution in [0.5, 0.6) is 0 Å². The first kappa shape index (κ1) is 18.3. The van der Waals surface area contributed by atoms with Gasteiger partial charge in [-0.2, -0.15) is 0 Å². The molecule has 1 rings (SSSR count). The number of ether oxygens (including phenoxy) is 2. The third-order valence-electron chi connectivity index (χ3n) is 3.27. The highest BCUT2D eigenvalue weighted by Gasteiger charge is 2.21. The second kappa shape index (κ2) is 8.65. The first-order chi connectivity index (χ1) is 9.85. The van der Waals surface area contributed by atoms with Gasteiger partial charge in [0, 0.05) is 19.6 Å². The van der Waals surface area contributed by atoms with Crippen LogP contribution in [0.4, 0.5) is 0 Å². The molecular weight excluding hydrogens is 294 g/mol. The maximum Gasteiger partial charge on any atom is 0.214 e. The van der Waals surface area contributed by atoms with Gasteiger partial charge >= 0.3 is 0 Å². The van der Waals surface area contributed by atoms with E-state index in [1.807, 2.05) is 19.9 Å². The molecule has 0 radical (unpaired) electrons. The summed E-state index contributed by atoms with van der Waals surface area (Å²) < 4.78 is 36.4. The van der Waals surface area contributed by atoms with Gasteiger partial charge in [0.2, 0.25) is 10.0 Å². The summed E-state index contributed by atoms with van der Waals surface area (Å²) in [5, 5.41) is 10.3. The molecule has 0 spiro atoms. The van der Waals surface area contributed by atoms with Crippen molar-refractivity contribution in [1.29, 1.82) is 0 Å². The molecule has 1 aliphatic rings. The molecule has 0 aromatic rings. The topological polar surface area (TPSA) is 84.9 Å². The van der Waals surface area contributed by atoms with Crippen LogP contribution in [0.2, 0.25) is 0 Å². The SMILES string of the molecule is COC1C=CCNS(=O)(=O)CCOCC(C)=CC(C)C1O. The number of nitrogens with one attached hydrogen (secondary N) is 1. The summed E-state index contributed by atoms with van der Waals surface area (Å²) in [6.45, 7) is 4.45. The van der Waals surface area contributed by atoms with Gasteiger partial charge in [0.1, 0.15) is 6.10 Å². The average Bonchev–Trinajstić information content (AvgIpc) is 2.42. The molecule has 1 heterocycles. The molecule has 0 aromatic carbocycles. The van der Waals surface area contributed by atoms with Crippen LogP contribution < -0.4 is 4.72 Å². The lowest BCUT2D eigenvalue weighted by molar-refractivity contribution is -0.00196. The van der Waals surface area contributed by atoms with Crippen LogP contribution in [0, 0.1) is 5.92 Å². The molecule has 0 aliphatic carbocycles. The molecule has 0 bridgehead atoms. The Bertz CT molecular complexity index is 472. The predicted molar refractivity (Wildman–Crippen MR) is 81.5 cm³/mol. The predicted octanol–water partition coefficient (Wildman–Crippen LogP) is 0.451. The van der Waals surface area contributed by atoms with Crippen LogP contribution in [0.25, 0.3) is 0 Å². The monoisotopic (exact) mass is 319 g/mol. The molecule has 0 saturated heterocycles. The van der Waals surface area contributed by atoms with Crippen molar-refractivity contribution in [1.82, 2.24) is 4.72 Å². The number of sulfonamides is 1. The molecule has 0 aromatic heterocycles. The maximum atomic E-state index is 11.7. The Hall–Kier alpha value is -0.730.